The van der Waals surface area contributed by atoms with E-state index in [0.29, 0.717) is 5.75 Å². The molecule has 5 nitrogen and oxygen atoms in total. The molecule has 0 saturated carbocycles. The van der Waals surface area contributed by atoms with Crippen molar-refractivity contribution in [3.05, 3.63) is 58.5 Å². The van der Waals surface area contributed by atoms with Crippen LogP contribution in [0.5, 0.6) is 5.75 Å². The third-order valence-corrected chi connectivity index (χ3v) is 4.87. The molecule has 1 N–H and O–H groups in total. The first-order valence-corrected chi connectivity index (χ1v) is 8.23. The van der Waals surface area contributed by atoms with Gasteiger partial charge in [0.05, 0.1) is 11.6 Å². The minimum atomic E-state index is -0.672. The number of nitrogens with one attached hydrogen (secondary N) is 1. The predicted octanol–water partition coefficient (Wildman–Crippen LogP) is 3.98. The summed E-state index contributed by atoms with van der Waals surface area (Å²) in [5, 5.41) is 18.8. The maximum Gasteiger partial charge on any atom is 0.205 e. The van der Waals surface area contributed by atoms with E-state index in [0.717, 1.165) is 26.5 Å². The Morgan fingerprint density at radius 2 is 2.17 bits per heavy atom. The lowest BCUT2D eigenvalue weighted by Crippen LogP contribution is -2.31. The number of ether oxygens (including phenoxy) is 1. The third-order valence-electron chi connectivity index (χ3n) is 4.44. The van der Waals surface area contributed by atoms with Crippen molar-refractivity contribution in [2.45, 2.75) is 5.92 Å². The van der Waals surface area contributed by atoms with Gasteiger partial charge >= 0.3 is 0 Å². The van der Waals surface area contributed by atoms with Crippen LogP contribution in [-0.2, 0) is 7.05 Å². The van der Waals surface area contributed by atoms with Crippen LogP contribution >= 0.6 is 15.9 Å². The first-order chi connectivity index (χ1) is 11.6. The SMILES string of the molecule is Cn1ccc2c3c(ccc21)C(c1cncc(Br)c1)C(C#N)C(=N)O3. The molecular weight excluding hydrogens is 368 g/mol. The summed E-state index contributed by atoms with van der Waals surface area (Å²) in [6, 6.07) is 10.2. The van der Waals surface area contributed by atoms with Crippen LogP contribution in [0.3, 0.4) is 0 Å². The number of nitriles is 1. The summed E-state index contributed by atoms with van der Waals surface area (Å²) in [5.74, 6) is -0.309. The van der Waals surface area contributed by atoms with Gasteiger partial charge in [-0.3, -0.25) is 10.4 Å². The van der Waals surface area contributed by atoms with Crippen molar-refractivity contribution in [1.82, 2.24) is 9.55 Å². The second kappa shape index (κ2) is 5.46. The zero-order valence-corrected chi connectivity index (χ0v) is 14.4. The fourth-order valence-electron chi connectivity index (χ4n) is 3.31. The highest BCUT2D eigenvalue weighted by Crippen LogP contribution is 2.45. The number of rotatable bonds is 1. The van der Waals surface area contributed by atoms with E-state index in [2.05, 4.69) is 27.0 Å². The Bertz CT molecular complexity index is 1020. The van der Waals surface area contributed by atoms with E-state index in [4.69, 9.17) is 10.1 Å². The largest absolute Gasteiger partial charge is 0.441 e. The van der Waals surface area contributed by atoms with Crippen molar-refractivity contribution in [3.63, 3.8) is 0 Å². The Balaban J connectivity index is 2.00. The maximum atomic E-state index is 9.60. The van der Waals surface area contributed by atoms with Crippen molar-refractivity contribution in [3.8, 4) is 11.8 Å². The number of halogens is 1. The molecule has 2 aromatic heterocycles. The standard InChI is InChI=1S/C18H13BrN4O/c1-23-5-4-12-15(23)3-2-13-16(10-6-11(19)9-22-8-10)14(7-20)18(21)24-17(12)13/h2-6,8-9,14,16,21H,1H3. The first-order valence-electron chi connectivity index (χ1n) is 7.44. The lowest BCUT2D eigenvalue weighted by Gasteiger charge is -2.30. The van der Waals surface area contributed by atoms with Gasteiger partial charge in [-0.2, -0.15) is 5.26 Å². The van der Waals surface area contributed by atoms with Crippen molar-refractivity contribution in [2.24, 2.45) is 13.0 Å². The number of aromatic nitrogens is 2. The van der Waals surface area contributed by atoms with E-state index in [1.807, 2.05) is 42.1 Å². The van der Waals surface area contributed by atoms with Crippen molar-refractivity contribution in [1.29, 1.82) is 10.7 Å². The molecule has 0 spiro atoms. The second-order valence-corrected chi connectivity index (χ2v) is 6.75. The Hall–Kier alpha value is -2.65. The molecule has 118 valence electrons. The monoisotopic (exact) mass is 380 g/mol. The number of aryl methyl sites for hydroxylation is 1. The number of nitrogens with zero attached hydrogens (tertiary/aromatic N) is 3. The molecule has 0 fully saturated rings. The average molecular weight is 381 g/mol. The smallest absolute Gasteiger partial charge is 0.205 e. The van der Waals surface area contributed by atoms with Gasteiger partial charge in [0.15, 0.2) is 0 Å². The summed E-state index contributed by atoms with van der Waals surface area (Å²) in [7, 11) is 1.97. The number of pyridine rings is 1. The number of hydrogen-bond donors (Lipinski definition) is 1. The Morgan fingerprint density at radius 1 is 1.33 bits per heavy atom. The normalized spacial score (nSPS) is 19.6. The minimum Gasteiger partial charge on any atom is -0.441 e. The van der Waals surface area contributed by atoms with Crippen LogP contribution in [0, 0.1) is 22.7 Å². The average Bonchev–Trinajstić information content (AvgIpc) is 2.95. The summed E-state index contributed by atoms with van der Waals surface area (Å²) in [6.07, 6.45) is 5.41. The van der Waals surface area contributed by atoms with Crippen LogP contribution in [0.2, 0.25) is 0 Å². The maximum absolute atomic E-state index is 9.60. The molecule has 1 aliphatic rings. The quantitative estimate of drug-likeness (QED) is 0.693. The third kappa shape index (κ3) is 2.13. The van der Waals surface area contributed by atoms with Crippen LogP contribution in [0.15, 0.2) is 47.3 Å². The summed E-state index contributed by atoms with van der Waals surface area (Å²) in [5.41, 5.74) is 2.83. The summed E-state index contributed by atoms with van der Waals surface area (Å²) in [4.78, 5) is 4.22. The molecule has 0 saturated heterocycles. The van der Waals surface area contributed by atoms with Gasteiger partial charge in [0.1, 0.15) is 11.7 Å². The number of benzene rings is 1. The van der Waals surface area contributed by atoms with Gasteiger partial charge < -0.3 is 9.30 Å². The molecule has 2 atom stereocenters. The summed E-state index contributed by atoms with van der Waals surface area (Å²) in [6.45, 7) is 0. The summed E-state index contributed by atoms with van der Waals surface area (Å²) >= 11 is 3.44. The highest BCUT2D eigenvalue weighted by atomic mass is 79.9. The number of hydrogen-bond acceptors (Lipinski definition) is 4. The van der Waals surface area contributed by atoms with E-state index in [-0.39, 0.29) is 11.8 Å². The number of fused-ring (bicyclic) bond motifs is 3. The Kier molecular flexibility index (Phi) is 3.39. The van der Waals surface area contributed by atoms with Crippen molar-refractivity contribution in [2.75, 3.05) is 0 Å². The zero-order valence-electron chi connectivity index (χ0n) is 12.8. The molecule has 4 rings (SSSR count). The van der Waals surface area contributed by atoms with E-state index < -0.39 is 5.92 Å². The molecule has 3 heterocycles. The Morgan fingerprint density at radius 3 is 2.92 bits per heavy atom. The van der Waals surface area contributed by atoms with Crippen LogP contribution in [-0.4, -0.2) is 15.4 Å². The van der Waals surface area contributed by atoms with Gasteiger partial charge in [0.2, 0.25) is 5.90 Å². The van der Waals surface area contributed by atoms with Crippen molar-refractivity contribution < 1.29 is 4.74 Å². The van der Waals surface area contributed by atoms with Gasteiger partial charge in [-0.25, -0.2) is 0 Å². The molecule has 0 aliphatic carbocycles. The first kappa shape index (κ1) is 14.9. The topological polar surface area (TPSA) is 74.7 Å². The van der Waals surface area contributed by atoms with E-state index >= 15 is 0 Å². The minimum absolute atomic E-state index is 0.0219. The summed E-state index contributed by atoms with van der Waals surface area (Å²) < 4.78 is 8.61. The highest BCUT2D eigenvalue weighted by Gasteiger charge is 2.38. The van der Waals surface area contributed by atoms with Crippen LogP contribution in [0.1, 0.15) is 17.0 Å². The van der Waals surface area contributed by atoms with Gasteiger partial charge in [0, 0.05) is 47.0 Å². The molecule has 2 unspecified atom stereocenters. The van der Waals surface area contributed by atoms with E-state index in [9.17, 15) is 5.26 Å². The Labute approximate surface area is 147 Å². The van der Waals surface area contributed by atoms with Gasteiger partial charge in [-0.05, 0) is 39.7 Å². The fourth-order valence-corrected chi connectivity index (χ4v) is 3.69. The van der Waals surface area contributed by atoms with Crippen LogP contribution in [0.25, 0.3) is 10.9 Å². The molecule has 0 bridgehead atoms. The molecule has 0 radical (unpaired) electrons. The predicted molar refractivity (Wildman–Crippen MR) is 94.2 cm³/mol. The van der Waals surface area contributed by atoms with Crippen LogP contribution < -0.4 is 4.74 Å². The van der Waals surface area contributed by atoms with Gasteiger partial charge in [-0.1, -0.05) is 6.07 Å². The lowest BCUT2D eigenvalue weighted by atomic mass is 9.79. The molecular formula is C18H13BrN4O. The molecule has 1 aromatic carbocycles. The highest BCUT2D eigenvalue weighted by molar-refractivity contribution is 9.10. The van der Waals surface area contributed by atoms with Gasteiger partial charge in [-0.15, -0.1) is 0 Å². The zero-order chi connectivity index (χ0) is 16.8. The molecule has 1 aliphatic heterocycles. The van der Waals surface area contributed by atoms with Crippen molar-refractivity contribution >= 4 is 32.7 Å². The van der Waals surface area contributed by atoms with Gasteiger partial charge in [0.25, 0.3) is 0 Å². The molecule has 6 heteroatoms. The second-order valence-electron chi connectivity index (χ2n) is 5.83. The lowest BCUT2D eigenvalue weighted by molar-refractivity contribution is 0.455. The molecule has 3 aromatic rings. The molecule has 0 amide bonds. The fraction of sp³-hybridized carbons (Fsp3) is 0.167. The van der Waals surface area contributed by atoms with E-state index in [1.165, 1.54) is 0 Å². The molecule has 24 heavy (non-hydrogen) atoms. The van der Waals surface area contributed by atoms with E-state index in [1.54, 1.807) is 12.4 Å². The van der Waals surface area contributed by atoms with Crippen LogP contribution in [0.4, 0.5) is 0 Å².